The second kappa shape index (κ2) is 7.35. The number of piperidine rings is 1. The average molecular weight is 388 g/mol. The van der Waals surface area contributed by atoms with Gasteiger partial charge in [-0.3, -0.25) is 14.3 Å². The Morgan fingerprint density at radius 1 is 1.00 bits per heavy atom. The molecule has 2 heterocycles. The van der Waals surface area contributed by atoms with E-state index < -0.39 is 0 Å². The first-order valence-corrected chi connectivity index (χ1v) is 10.3. The van der Waals surface area contributed by atoms with E-state index in [0.717, 1.165) is 43.0 Å². The van der Waals surface area contributed by atoms with Crippen LogP contribution in [0.2, 0.25) is 0 Å². The van der Waals surface area contributed by atoms with Crippen molar-refractivity contribution in [1.29, 1.82) is 0 Å². The van der Waals surface area contributed by atoms with Crippen LogP contribution < -0.4 is 5.32 Å². The van der Waals surface area contributed by atoms with Crippen LogP contribution in [-0.2, 0) is 0 Å². The van der Waals surface area contributed by atoms with Crippen molar-refractivity contribution in [2.75, 3.05) is 13.1 Å². The molecule has 1 atom stereocenters. The molecule has 1 saturated carbocycles. The molecule has 1 aromatic heterocycles. The third-order valence-corrected chi connectivity index (χ3v) is 5.82. The molecule has 0 bridgehead atoms. The van der Waals surface area contributed by atoms with E-state index in [-0.39, 0.29) is 17.9 Å². The van der Waals surface area contributed by atoms with Crippen molar-refractivity contribution in [3.05, 3.63) is 66.0 Å². The van der Waals surface area contributed by atoms with Crippen molar-refractivity contribution in [2.24, 2.45) is 0 Å². The number of likely N-dealkylation sites (tertiary alicyclic amines) is 1. The van der Waals surface area contributed by atoms with E-state index in [2.05, 4.69) is 10.4 Å². The van der Waals surface area contributed by atoms with E-state index in [1.807, 2.05) is 58.2 Å². The first kappa shape index (κ1) is 17.9. The molecule has 1 aliphatic heterocycles. The minimum Gasteiger partial charge on any atom is -0.348 e. The van der Waals surface area contributed by atoms with Crippen LogP contribution in [0.5, 0.6) is 0 Å². The lowest BCUT2D eigenvalue weighted by atomic mass is 10.0. The number of nitrogens with zero attached hydrogens (tertiary/aromatic N) is 3. The SMILES string of the molecule is O=C(NC1CCCN(C(=O)c2cnn(C3CC3)c2)C1)c1ccc2ccccc2c1. The molecule has 0 spiro atoms. The molecule has 6 nitrogen and oxygen atoms in total. The van der Waals surface area contributed by atoms with E-state index in [1.165, 1.54) is 0 Å². The highest BCUT2D eigenvalue weighted by Gasteiger charge is 2.29. The molecule has 2 amide bonds. The van der Waals surface area contributed by atoms with Crippen molar-refractivity contribution in [2.45, 2.75) is 37.8 Å². The van der Waals surface area contributed by atoms with E-state index in [9.17, 15) is 9.59 Å². The van der Waals surface area contributed by atoms with Crippen LogP contribution in [0.4, 0.5) is 0 Å². The molecule has 2 aromatic carbocycles. The zero-order valence-corrected chi connectivity index (χ0v) is 16.3. The van der Waals surface area contributed by atoms with E-state index in [1.54, 1.807) is 6.20 Å². The number of benzene rings is 2. The number of hydrogen-bond donors (Lipinski definition) is 1. The fraction of sp³-hybridized carbons (Fsp3) is 0.348. The van der Waals surface area contributed by atoms with E-state index in [0.29, 0.717) is 23.7 Å². The van der Waals surface area contributed by atoms with Gasteiger partial charge in [-0.05, 0) is 48.6 Å². The third-order valence-electron chi connectivity index (χ3n) is 5.82. The van der Waals surface area contributed by atoms with Crippen LogP contribution in [0.3, 0.4) is 0 Å². The molecule has 2 aliphatic rings. The van der Waals surface area contributed by atoms with Crippen molar-refractivity contribution < 1.29 is 9.59 Å². The molecule has 1 saturated heterocycles. The maximum atomic E-state index is 12.9. The fourth-order valence-corrected chi connectivity index (χ4v) is 4.05. The predicted octanol–water partition coefficient (Wildman–Crippen LogP) is 3.41. The van der Waals surface area contributed by atoms with Gasteiger partial charge in [0, 0.05) is 30.9 Å². The van der Waals surface area contributed by atoms with Gasteiger partial charge in [0.2, 0.25) is 0 Å². The van der Waals surface area contributed by atoms with Gasteiger partial charge in [-0.15, -0.1) is 0 Å². The number of amides is 2. The first-order valence-electron chi connectivity index (χ1n) is 10.3. The molecular weight excluding hydrogens is 364 g/mol. The number of aromatic nitrogens is 2. The number of nitrogens with one attached hydrogen (secondary N) is 1. The average Bonchev–Trinajstić information content (AvgIpc) is 3.49. The van der Waals surface area contributed by atoms with Crippen molar-refractivity contribution >= 4 is 22.6 Å². The number of hydrogen-bond acceptors (Lipinski definition) is 3. The number of carbonyl (C=O) groups is 2. The Balaban J connectivity index is 1.24. The second-order valence-electron chi connectivity index (χ2n) is 8.07. The Morgan fingerprint density at radius 2 is 1.83 bits per heavy atom. The van der Waals surface area contributed by atoms with Gasteiger partial charge in [-0.25, -0.2) is 0 Å². The quantitative estimate of drug-likeness (QED) is 0.745. The van der Waals surface area contributed by atoms with E-state index in [4.69, 9.17) is 0 Å². The molecule has 29 heavy (non-hydrogen) atoms. The monoisotopic (exact) mass is 388 g/mol. The summed E-state index contributed by atoms with van der Waals surface area (Å²) in [5.74, 6) is -0.0850. The van der Waals surface area contributed by atoms with Crippen LogP contribution in [0.15, 0.2) is 54.9 Å². The fourth-order valence-electron chi connectivity index (χ4n) is 4.05. The first-order chi connectivity index (χ1) is 14.2. The summed E-state index contributed by atoms with van der Waals surface area (Å²) in [4.78, 5) is 27.5. The molecule has 148 valence electrons. The summed E-state index contributed by atoms with van der Waals surface area (Å²) in [6, 6.07) is 14.2. The maximum Gasteiger partial charge on any atom is 0.257 e. The lowest BCUT2D eigenvalue weighted by Gasteiger charge is -2.33. The zero-order chi connectivity index (χ0) is 19.8. The summed E-state index contributed by atoms with van der Waals surface area (Å²) >= 11 is 0. The molecule has 3 aromatic rings. The van der Waals surface area contributed by atoms with Gasteiger partial charge in [-0.1, -0.05) is 30.3 Å². The van der Waals surface area contributed by atoms with Gasteiger partial charge < -0.3 is 10.2 Å². The van der Waals surface area contributed by atoms with Crippen LogP contribution in [0.25, 0.3) is 10.8 Å². The summed E-state index contributed by atoms with van der Waals surface area (Å²) in [7, 11) is 0. The Morgan fingerprint density at radius 3 is 2.66 bits per heavy atom. The van der Waals surface area contributed by atoms with Crippen molar-refractivity contribution in [3.8, 4) is 0 Å². The molecule has 1 N–H and O–H groups in total. The minimum atomic E-state index is -0.0865. The molecule has 1 unspecified atom stereocenters. The topological polar surface area (TPSA) is 67.2 Å². The second-order valence-corrected chi connectivity index (χ2v) is 8.07. The lowest BCUT2D eigenvalue weighted by Crippen LogP contribution is -2.49. The van der Waals surface area contributed by atoms with Crippen LogP contribution in [0.1, 0.15) is 52.4 Å². The predicted molar refractivity (Wildman–Crippen MR) is 111 cm³/mol. The summed E-state index contributed by atoms with van der Waals surface area (Å²) < 4.78 is 1.90. The van der Waals surface area contributed by atoms with Gasteiger partial charge >= 0.3 is 0 Å². The highest BCUT2D eigenvalue weighted by atomic mass is 16.2. The zero-order valence-electron chi connectivity index (χ0n) is 16.3. The van der Waals surface area contributed by atoms with Crippen LogP contribution in [0, 0.1) is 0 Å². The van der Waals surface area contributed by atoms with Gasteiger partial charge in [-0.2, -0.15) is 5.10 Å². The summed E-state index contributed by atoms with van der Waals surface area (Å²) in [5.41, 5.74) is 1.29. The van der Waals surface area contributed by atoms with Crippen molar-refractivity contribution in [1.82, 2.24) is 20.0 Å². The smallest absolute Gasteiger partial charge is 0.257 e. The summed E-state index contributed by atoms with van der Waals surface area (Å²) in [5, 5.41) is 9.61. The molecular formula is C23H24N4O2. The Bertz CT molecular complexity index is 1070. The summed E-state index contributed by atoms with van der Waals surface area (Å²) in [6.07, 6.45) is 7.56. The third kappa shape index (κ3) is 3.75. The minimum absolute atomic E-state index is 0.00144. The Kier molecular flexibility index (Phi) is 4.54. The van der Waals surface area contributed by atoms with Gasteiger partial charge in [0.1, 0.15) is 0 Å². The summed E-state index contributed by atoms with van der Waals surface area (Å²) in [6.45, 7) is 1.25. The highest BCUT2D eigenvalue weighted by Crippen LogP contribution is 2.34. The van der Waals surface area contributed by atoms with Gasteiger partial charge in [0.15, 0.2) is 0 Å². The largest absolute Gasteiger partial charge is 0.348 e. The van der Waals surface area contributed by atoms with E-state index >= 15 is 0 Å². The molecule has 1 aliphatic carbocycles. The van der Waals surface area contributed by atoms with Crippen LogP contribution in [-0.4, -0.2) is 45.6 Å². The maximum absolute atomic E-state index is 12.9. The van der Waals surface area contributed by atoms with Gasteiger partial charge in [0.05, 0.1) is 17.8 Å². The molecule has 5 rings (SSSR count). The number of rotatable bonds is 4. The number of fused-ring (bicyclic) bond motifs is 1. The van der Waals surface area contributed by atoms with Crippen LogP contribution >= 0.6 is 0 Å². The lowest BCUT2D eigenvalue weighted by molar-refractivity contribution is 0.0676. The Hall–Kier alpha value is -3.15. The number of carbonyl (C=O) groups excluding carboxylic acids is 2. The van der Waals surface area contributed by atoms with Gasteiger partial charge in [0.25, 0.3) is 11.8 Å². The highest BCUT2D eigenvalue weighted by molar-refractivity contribution is 5.99. The molecule has 6 heteroatoms. The molecule has 0 radical (unpaired) electrons. The molecule has 2 fully saturated rings. The standard InChI is InChI=1S/C23H24N4O2/c28-22(18-8-7-16-4-1-2-5-17(16)12-18)25-20-6-3-11-26(15-20)23(29)19-13-24-27(14-19)21-9-10-21/h1-2,4-5,7-8,12-14,20-21H,3,6,9-11,15H2,(H,25,28). The van der Waals surface area contributed by atoms with Crippen molar-refractivity contribution in [3.63, 3.8) is 0 Å². The Labute approximate surface area is 169 Å². The normalized spacial score (nSPS) is 19.3.